The molecule has 0 aliphatic carbocycles. The van der Waals surface area contributed by atoms with Crippen molar-refractivity contribution in [1.29, 1.82) is 5.26 Å². The van der Waals surface area contributed by atoms with E-state index in [0.717, 1.165) is 5.56 Å². The molecule has 0 amide bonds. The highest BCUT2D eigenvalue weighted by molar-refractivity contribution is 7.98. The van der Waals surface area contributed by atoms with Crippen LogP contribution in [0.4, 0.5) is 0 Å². The maximum atomic E-state index is 11.8. The largest absolute Gasteiger partial charge is 0.493 e. The van der Waals surface area contributed by atoms with Crippen molar-refractivity contribution in [2.45, 2.75) is 11.8 Å². The second-order valence-corrected chi connectivity index (χ2v) is 5.23. The van der Waals surface area contributed by atoms with Gasteiger partial charge in [-0.2, -0.15) is 5.26 Å². The number of nitriles is 1. The van der Waals surface area contributed by atoms with E-state index >= 15 is 0 Å². The normalized spacial score (nSPS) is 10.1. The summed E-state index contributed by atoms with van der Waals surface area (Å²) < 4.78 is 15.7. The van der Waals surface area contributed by atoms with Gasteiger partial charge >= 0.3 is 5.63 Å². The quantitative estimate of drug-likeness (QED) is 0.806. The highest BCUT2D eigenvalue weighted by Gasteiger charge is 2.19. The third-order valence-electron chi connectivity index (χ3n) is 3.24. The molecular formula is C16H15NO4S. The SMILES string of the molecule is COc1ccc(-c2c(C)oc(=O)c(C#N)c2SC)cc1OC. The first-order valence-corrected chi connectivity index (χ1v) is 7.64. The summed E-state index contributed by atoms with van der Waals surface area (Å²) in [7, 11) is 3.11. The number of methoxy groups -OCH3 is 2. The fraction of sp³-hybridized carbons (Fsp3) is 0.250. The minimum Gasteiger partial charge on any atom is -0.493 e. The van der Waals surface area contributed by atoms with E-state index in [1.54, 1.807) is 33.3 Å². The Labute approximate surface area is 132 Å². The summed E-state index contributed by atoms with van der Waals surface area (Å²) in [6.45, 7) is 1.70. The fourth-order valence-corrected chi connectivity index (χ4v) is 3.04. The van der Waals surface area contributed by atoms with E-state index in [9.17, 15) is 10.1 Å². The van der Waals surface area contributed by atoms with E-state index in [0.29, 0.717) is 27.7 Å². The molecule has 0 fully saturated rings. The zero-order valence-corrected chi connectivity index (χ0v) is 13.5. The minimum atomic E-state index is -0.617. The van der Waals surface area contributed by atoms with Gasteiger partial charge in [-0.1, -0.05) is 6.07 Å². The number of hydrogen-bond donors (Lipinski definition) is 0. The highest BCUT2D eigenvalue weighted by atomic mass is 32.2. The second kappa shape index (κ2) is 6.58. The number of nitrogens with zero attached hydrogens (tertiary/aromatic N) is 1. The first kappa shape index (κ1) is 16.0. The summed E-state index contributed by atoms with van der Waals surface area (Å²) in [6, 6.07) is 7.32. The first-order valence-electron chi connectivity index (χ1n) is 6.41. The third kappa shape index (κ3) is 2.68. The van der Waals surface area contributed by atoms with Crippen LogP contribution in [0.3, 0.4) is 0 Å². The lowest BCUT2D eigenvalue weighted by Crippen LogP contribution is -2.08. The average molecular weight is 317 g/mol. The molecule has 0 aliphatic rings. The Morgan fingerprint density at radius 1 is 1.23 bits per heavy atom. The van der Waals surface area contributed by atoms with Gasteiger partial charge in [0.2, 0.25) is 0 Å². The standard InChI is InChI=1S/C16H15NO4S/c1-9-14(15(22-4)11(8-17)16(18)21-9)10-5-6-12(19-2)13(7-10)20-3/h5-7H,1-4H3. The molecule has 0 saturated heterocycles. The Kier molecular flexibility index (Phi) is 4.78. The molecule has 0 aliphatic heterocycles. The van der Waals surface area contributed by atoms with Crippen LogP contribution in [0.5, 0.6) is 11.5 Å². The van der Waals surface area contributed by atoms with Crippen LogP contribution >= 0.6 is 11.8 Å². The van der Waals surface area contributed by atoms with E-state index in [1.807, 2.05) is 18.4 Å². The number of thioether (sulfide) groups is 1. The van der Waals surface area contributed by atoms with Crippen LogP contribution in [0.15, 0.2) is 32.3 Å². The van der Waals surface area contributed by atoms with Gasteiger partial charge in [0.05, 0.1) is 14.2 Å². The Bertz CT molecular complexity index is 805. The first-order chi connectivity index (χ1) is 10.6. The molecule has 0 saturated carbocycles. The topological polar surface area (TPSA) is 72.5 Å². The number of aryl methyl sites for hydroxylation is 1. The van der Waals surface area contributed by atoms with Crippen LogP contribution in [0.2, 0.25) is 0 Å². The summed E-state index contributed by atoms with van der Waals surface area (Å²) in [4.78, 5) is 12.4. The van der Waals surface area contributed by atoms with Crippen molar-refractivity contribution in [1.82, 2.24) is 0 Å². The van der Waals surface area contributed by atoms with Gasteiger partial charge in [0.25, 0.3) is 0 Å². The molecule has 5 nitrogen and oxygen atoms in total. The molecule has 6 heteroatoms. The smallest absolute Gasteiger partial charge is 0.355 e. The molecule has 0 unspecified atom stereocenters. The van der Waals surface area contributed by atoms with E-state index in [2.05, 4.69) is 0 Å². The maximum absolute atomic E-state index is 11.8. The van der Waals surface area contributed by atoms with Crippen molar-refractivity contribution in [2.24, 2.45) is 0 Å². The van der Waals surface area contributed by atoms with Crippen molar-refractivity contribution >= 4 is 11.8 Å². The molecule has 0 bridgehead atoms. The van der Waals surface area contributed by atoms with Crippen LogP contribution in [-0.2, 0) is 0 Å². The number of rotatable bonds is 4. The highest BCUT2D eigenvalue weighted by Crippen LogP contribution is 2.38. The molecule has 0 atom stereocenters. The Morgan fingerprint density at radius 3 is 2.45 bits per heavy atom. The van der Waals surface area contributed by atoms with Gasteiger partial charge in [-0.25, -0.2) is 4.79 Å². The summed E-state index contributed by atoms with van der Waals surface area (Å²) in [5.74, 6) is 1.63. The van der Waals surface area contributed by atoms with Crippen molar-refractivity contribution in [3.05, 3.63) is 39.9 Å². The van der Waals surface area contributed by atoms with Crippen LogP contribution in [-0.4, -0.2) is 20.5 Å². The predicted octanol–water partition coefficient (Wildman–Crippen LogP) is 3.23. The van der Waals surface area contributed by atoms with Gasteiger partial charge in [0, 0.05) is 10.5 Å². The van der Waals surface area contributed by atoms with Gasteiger partial charge in [-0.05, 0) is 30.9 Å². The Balaban J connectivity index is 2.78. The zero-order valence-electron chi connectivity index (χ0n) is 12.7. The van der Waals surface area contributed by atoms with Crippen LogP contribution < -0.4 is 15.1 Å². The van der Waals surface area contributed by atoms with Crippen molar-refractivity contribution in [2.75, 3.05) is 20.5 Å². The van der Waals surface area contributed by atoms with Gasteiger partial charge in [0.1, 0.15) is 11.8 Å². The monoisotopic (exact) mass is 317 g/mol. The molecule has 2 rings (SSSR count). The average Bonchev–Trinajstić information content (AvgIpc) is 2.53. The van der Waals surface area contributed by atoms with Crippen molar-refractivity contribution in [3.63, 3.8) is 0 Å². The lowest BCUT2D eigenvalue weighted by molar-refractivity contribution is 0.355. The molecule has 1 heterocycles. The van der Waals surface area contributed by atoms with Crippen LogP contribution in [0.25, 0.3) is 11.1 Å². The lowest BCUT2D eigenvalue weighted by Gasteiger charge is -2.13. The van der Waals surface area contributed by atoms with Crippen LogP contribution in [0.1, 0.15) is 11.3 Å². The molecular weight excluding hydrogens is 302 g/mol. The Morgan fingerprint density at radius 2 is 1.91 bits per heavy atom. The van der Waals surface area contributed by atoms with Crippen molar-refractivity contribution in [3.8, 4) is 28.7 Å². The lowest BCUT2D eigenvalue weighted by atomic mass is 10.0. The molecule has 114 valence electrons. The second-order valence-electron chi connectivity index (χ2n) is 4.41. The van der Waals surface area contributed by atoms with Crippen LogP contribution in [0, 0.1) is 18.3 Å². The summed E-state index contributed by atoms with van der Waals surface area (Å²) >= 11 is 1.34. The van der Waals surface area contributed by atoms with Gasteiger partial charge in [-0.15, -0.1) is 11.8 Å². The van der Waals surface area contributed by atoms with E-state index in [-0.39, 0.29) is 5.56 Å². The fourth-order valence-electron chi connectivity index (χ4n) is 2.25. The summed E-state index contributed by atoms with van der Waals surface area (Å²) in [5.41, 5.74) is 0.904. The molecule has 0 spiro atoms. The van der Waals surface area contributed by atoms with Gasteiger partial charge in [0.15, 0.2) is 17.1 Å². The van der Waals surface area contributed by atoms with E-state index < -0.39 is 5.63 Å². The molecule has 1 aromatic carbocycles. The minimum absolute atomic E-state index is 0.0166. The zero-order chi connectivity index (χ0) is 16.3. The van der Waals surface area contributed by atoms with E-state index in [4.69, 9.17) is 13.9 Å². The molecule has 0 N–H and O–H groups in total. The van der Waals surface area contributed by atoms with Gasteiger partial charge < -0.3 is 13.9 Å². The molecule has 22 heavy (non-hydrogen) atoms. The summed E-state index contributed by atoms with van der Waals surface area (Å²) in [6.07, 6.45) is 1.82. The molecule has 2 aromatic rings. The Hall–Kier alpha value is -2.39. The maximum Gasteiger partial charge on any atom is 0.355 e. The number of benzene rings is 1. The number of ether oxygens (including phenoxy) is 2. The molecule has 1 aromatic heterocycles. The third-order valence-corrected chi connectivity index (χ3v) is 4.06. The molecule has 0 radical (unpaired) electrons. The predicted molar refractivity (Wildman–Crippen MR) is 84.8 cm³/mol. The van der Waals surface area contributed by atoms with Crippen molar-refractivity contribution < 1.29 is 13.9 Å². The summed E-state index contributed by atoms with van der Waals surface area (Å²) in [5, 5.41) is 9.21. The number of hydrogen-bond acceptors (Lipinski definition) is 6. The van der Waals surface area contributed by atoms with E-state index in [1.165, 1.54) is 11.8 Å². The van der Waals surface area contributed by atoms with Gasteiger partial charge in [-0.3, -0.25) is 0 Å².